The maximum atomic E-state index is 12.4. The number of hydrogen-bond acceptors (Lipinski definition) is 2. The van der Waals surface area contributed by atoms with Gasteiger partial charge in [0.2, 0.25) is 0 Å². The van der Waals surface area contributed by atoms with Gasteiger partial charge >= 0.3 is 24.0 Å². The highest BCUT2D eigenvalue weighted by atomic mass is 19.4. The summed E-state index contributed by atoms with van der Waals surface area (Å²) >= 11 is 0. The minimum atomic E-state index is -6.05. The van der Waals surface area contributed by atoms with Gasteiger partial charge in [-0.2, -0.15) is 22.0 Å². The Morgan fingerprint density at radius 1 is 1.25 bits per heavy atom. The summed E-state index contributed by atoms with van der Waals surface area (Å²) in [6.07, 6.45) is -6.36. The molecule has 2 N–H and O–H groups in total. The first kappa shape index (κ1) is 14.6. The SMILES string of the molecule is CCC(NC(=O)C(F)(F)C(F)(F)F)C(=O)O. The van der Waals surface area contributed by atoms with E-state index in [9.17, 15) is 31.5 Å². The molecule has 1 amide bonds. The Morgan fingerprint density at radius 2 is 1.69 bits per heavy atom. The number of nitrogens with one attached hydrogen (secondary N) is 1. The summed E-state index contributed by atoms with van der Waals surface area (Å²) < 4.78 is 59.8. The van der Waals surface area contributed by atoms with Crippen molar-refractivity contribution in [2.45, 2.75) is 31.5 Å². The first-order valence-electron chi connectivity index (χ1n) is 4.02. The third kappa shape index (κ3) is 3.04. The van der Waals surface area contributed by atoms with Gasteiger partial charge in [0.05, 0.1) is 0 Å². The molecule has 4 nitrogen and oxygen atoms in total. The number of hydrogen-bond donors (Lipinski definition) is 2. The average molecular weight is 249 g/mol. The van der Waals surface area contributed by atoms with Crippen LogP contribution in [-0.4, -0.2) is 35.1 Å². The van der Waals surface area contributed by atoms with Gasteiger partial charge in [0.15, 0.2) is 0 Å². The van der Waals surface area contributed by atoms with E-state index in [1.54, 1.807) is 0 Å². The second kappa shape index (κ2) is 4.62. The van der Waals surface area contributed by atoms with Crippen molar-refractivity contribution in [2.24, 2.45) is 0 Å². The number of aliphatic carboxylic acids is 1. The highest BCUT2D eigenvalue weighted by Crippen LogP contribution is 2.35. The smallest absolute Gasteiger partial charge is 0.463 e. The van der Waals surface area contributed by atoms with Crippen LogP contribution in [0.4, 0.5) is 22.0 Å². The predicted octanol–water partition coefficient (Wildman–Crippen LogP) is 1.16. The summed E-state index contributed by atoms with van der Waals surface area (Å²) in [5.41, 5.74) is 0. The van der Waals surface area contributed by atoms with Crippen molar-refractivity contribution in [1.29, 1.82) is 0 Å². The van der Waals surface area contributed by atoms with Crippen LogP contribution in [0.15, 0.2) is 0 Å². The molecule has 0 heterocycles. The third-order valence-electron chi connectivity index (χ3n) is 1.65. The van der Waals surface area contributed by atoms with Gasteiger partial charge in [-0.15, -0.1) is 0 Å². The maximum absolute atomic E-state index is 12.4. The van der Waals surface area contributed by atoms with E-state index in [-0.39, 0.29) is 6.42 Å². The zero-order valence-electron chi connectivity index (χ0n) is 7.94. The van der Waals surface area contributed by atoms with Crippen molar-refractivity contribution >= 4 is 11.9 Å². The van der Waals surface area contributed by atoms with Crippen LogP contribution >= 0.6 is 0 Å². The fraction of sp³-hybridized carbons (Fsp3) is 0.714. The van der Waals surface area contributed by atoms with Gasteiger partial charge in [0.25, 0.3) is 0 Å². The zero-order chi connectivity index (χ0) is 13.1. The summed E-state index contributed by atoms with van der Waals surface area (Å²) in [5.74, 6) is -9.96. The fourth-order valence-electron chi connectivity index (χ4n) is 0.716. The lowest BCUT2D eigenvalue weighted by atomic mass is 10.2. The van der Waals surface area contributed by atoms with Crippen molar-refractivity contribution in [3.8, 4) is 0 Å². The van der Waals surface area contributed by atoms with E-state index >= 15 is 0 Å². The van der Waals surface area contributed by atoms with E-state index in [1.807, 2.05) is 0 Å². The van der Waals surface area contributed by atoms with Gasteiger partial charge in [-0.25, -0.2) is 4.79 Å². The second-order valence-corrected chi connectivity index (χ2v) is 2.84. The highest BCUT2D eigenvalue weighted by molar-refractivity contribution is 5.88. The quantitative estimate of drug-likeness (QED) is 0.735. The first-order valence-corrected chi connectivity index (χ1v) is 4.02. The molecular formula is C7H8F5NO3. The number of carbonyl (C=O) groups excluding carboxylic acids is 1. The lowest BCUT2D eigenvalue weighted by Crippen LogP contribution is -2.54. The van der Waals surface area contributed by atoms with Crippen molar-refractivity contribution < 1.29 is 36.6 Å². The molecule has 0 radical (unpaired) electrons. The molecule has 0 saturated heterocycles. The molecule has 0 aliphatic carbocycles. The Balaban J connectivity index is 4.76. The van der Waals surface area contributed by atoms with Crippen molar-refractivity contribution in [1.82, 2.24) is 5.32 Å². The van der Waals surface area contributed by atoms with Crippen LogP contribution in [0.2, 0.25) is 0 Å². The van der Waals surface area contributed by atoms with Crippen LogP contribution in [0.5, 0.6) is 0 Å². The van der Waals surface area contributed by atoms with Gasteiger partial charge in [0.1, 0.15) is 6.04 Å². The number of carboxylic acid groups (broad SMARTS) is 1. The number of halogens is 5. The predicted molar refractivity (Wildman–Crippen MR) is 40.9 cm³/mol. The minimum Gasteiger partial charge on any atom is -0.480 e. The molecule has 1 unspecified atom stereocenters. The van der Waals surface area contributed by atoms with Gasteiger partial charge in [-0.1, -0.05) is 6.92 Å². The van der Waals surface area contributed by atoms with Gasteiger partial charge < -0.3 is 10.4 Å². The first-order chi connectivity index (χ1) is 7.04. The van der Waals surface area contributed by atoms with E-state index in [0.29, 0.717) is 0 Å². The van der Waals surface area contributed by atoms with E-state index in [4.69, 9.17) is 5.11 Å². The number of alkyl halides is 5. The van der Waals surface area contributed by atoms with Crippen LogP contribution in [0.25, 0.3) is 0 Å². The van der Waals surface area contributed by atoms with E-state index in [2.05, 4.69) is 0 Å². The lowest BCUT2D eigenvalue weighted by Gasteiger charge is -2.20. The zero-order valence-corrected chi connectivity index (χ0v) is 7.94. The number of carboxylic acids is 1. The molecule has 0 rings (SSSR count). The van der Waals surface area contributed by atoms with E-state index < -0.39 is 30.0 Å². The highest BCUT2D eigenvalue weighted by Gasteiger charge is 2.63. The third-order valence-corrected chi connectivity index (χ3v) is 1.65. The number of amides is 1. The number of rotatable bonds is 4. The van der Waals surface area contributed by atoms with Gasteiger partial charge in [-0.3, -0.25) is 4.79 Å². The molecule has 9 heteroatoms. The standard InChI is InChI=1S/C7H8F5NO3/c1-2-3(4(14)15)13-5(16)6(8,9)7(10,11)12/h3H,2H2,1H3,(H,13,16)(H,14,15). The van der Waals surface area contributed by atoms with E-state index in [1.165, 1.54) is 6.92 Å². The minimum absolute atomic E-state index is 0.311. The Kier molecular flexibility index (Phi) is 4.21. The van der Waals surface area contributed by atoms with Crippen molar-refractivity contribution in [3.63, 3.8) is 0 Å². The molecule has 0 spiro atoms. The molecule has 1 atom stereocenters. The fourth-order valence-corrected chi connectivity index (χ4v) is 0.716. The second-order valence-electron chi connectivity index (χ2n) is 2.84. The molecule has 0 aromatic carbocycles. The van der Waals surface area contributed by atoms with Crippen molar-refractivity contribution in [3.05, 3.63) is 0 Å². The largest absolute Gasteiger partial charge is 0.480 e. The molecule has 0 aliphatic heterocycles. The van der Waals surface area contributed by atoms with Crippen LogP contribution < -0.4 is 5.32 Å². The maximum Gasteiger partial charge on any atom is 0.463 e. The summed E-state index contributed by atoms with van der Waals surface area (Å²) in [4.78, 5) is 20.8. The van der Waals surface area contributed by atoms with Crippen LogP contribution in [0.3, 0.4) is 0 Å². The number of carbonyl (C=O) groups is 2. The Morgan fingerprint density at radius 3 is 1.94 bits per heavy atom. The Bertz CT molecular complexity index is 288. The summed E-state index contributed by atoms with van der Waals surface area (Å²) in [7, 11) is 0. The monoisotopic (exact) mass is 249 g/mol. The Labute approximate surface area is 86.4 Å². The van der Waals surface area contributed by atoms with Gasteiger partial charge in [-0.05, 0) is 6.42 Å². The van der Waals surface area contributed by atoms with Crippen LogP contribution in [0, 0.1) is 0 Å². The normalized spacial score (nSPS) is 14.4. The molecule has 94 valence electrons. The molecule has 0 bridgehead atoms. The summed E-state index contributed by atoms with van der Waals surface area (Å²) in [6, 6.07) is -1.78. The van der Waals surface area contributed by atoms with Crippen molar-refractivity contribution in [2.75, 3.05) is 0 Å². The molecular weight excluding hydrogens is 241 g/mol. The molecule has 0 saturated carbocycles. The summed E-state index contributed by atoms with van der Waals surface area (Å²) in [6.45, 7) is 1.21. The molecule has 16 heavy (non-hydrogen) atoms. The van der Waals surface area contributed by atoms with Gasteiger partial charge in [0, 0.05) is 0 Å². The lowest BCUT2D eigenvalue weighted by molar-refractivity contribution is -0.270. The van der Waals surface area contributed by atoms with Crippen LogP contribution in [-0.2, 0) is 9.59 Å². The molecule has 0 fully saturated rings. The summed E-state index contributed by atoms with van der Waals surface area (Å²) in [5, 5.41) is 9.45. The van der Waals surface area contributed by atoms with Crippen LogP contribution in [0.1, 0.15) is 13.3 Å². The topological polar surface area (TPSA) is 66.4 Å². The molecule has 0 aromatic heterocycles. The molecule has 0 aromatic rings. The Hall–Kier alpha value is -1.41. The average Bonchev–Trinajstić information content (AvgIpc) is 2.11. The molecule has 0 aliphatic rings. The van der Waals surface area contributed by atoms with E-state index in [0.717, 1.165) is 5.32 Å².